The molecular weight excluding hydrogens is 325 g/mol. The molecule has 1 saturated heterocycles. The normalized spacial score (nSPS) is 15.9. The van der Waals surface area contributed by atoms with Gasteiger partial charge in [-0.15, -0.1) is 0 Å². The van der Waals surface area contributed by atoms with E-state index in [2.05, 4.69) is 5.32 Å². The highest BCUT2D eigenvalue weighted by atomic mass is 35.5. The summed E-state index contributed by atoms with van der Waals surface area (Å²) in [6.07, 6.45) is 1.63. The average Bonchev–Trinajstić information content (AvgIpc) is 2.38. The summed E-state index contributed by atoms with van der Waals surface area (Å²) in [4.78, 5) is 11.8. The molecule has 1 heterocycles. The Balaban J connectivity index is 1.87. The molecule has 20 heavy (non-hydrogen) atoms. The smallest absolute Gasteiger partial charge is 0.258 e. The third-order valence-corrected chi connectivity index (χ3v) is 3.68. The molecule has 1 aromatic carbocycles. The molecule has 1 fully saturated rings. The number of hydrogen-bond acceptors (Lipinski definition) is 3. The fourth-order valence-corrected chi connectivity index (χ4v) is 2.84. The minimum Gasteiger partial charge on any atom is -0.481 e. The molecule has 7 heteroatoms. The summed E-state index contributed by atoms with van der Waals surface area (Å²) in [6.45, 7) is 1.19. The lowest BCUT2D eigenvalue weighted by Gasteiger charge is -2.23. The second-order valence-electron chi connectivity index (χ2n) is 4.44. The number of carbonyl (C=O) groups excluding carboxylic acids is 1. The molecule has 0 radical (unpaired) electrons. The molecule has 0 aromatic heterocycles. The van der Waals surface area contributed by atoms with Crippen LogP contribution in [0.4, 0.5) is 0 Å². The van der Waals surface area contributed by atoms with Crippen LogP contribution in [0.15, 0.2) is 12.1 Å². The van der Waals surface area contributed by atoms with Crippen molar-refractivity contribution < 1.29 is 14.3 Å². The summed E-state index contributed by atoms with van der Waals surface area (Å²) in [5, 5.41) is 3.86. The molecule has 110 valence electrons. The lowest BCUT2D eigenvalue weighted by Crippen LogP contribution is -2.41. The van der Waals surface area contributed by atoms with Crippen molar-refractivity contribution in [2.45, 2.75) is 18.9 Å². The van der Waals surface area contributed by atoms with Crippen molar-refractivity contribution in [3.63, 3.8) is 0 Å². The Bertz CT molecular complexity index is 467. The number of halogens is 3. The van der Waals surface area contributed by atoms with Crippen LogP contribution in [0.25, 0.3) is 0 Å². The van der Waals surface area contributed by atoms with Crippen molar-refractivity contribution in [2.24, 2.45) is 0 Å². The maximum absolute atomic E-state index is 11.8. The van der Waals surface area contributed by atoms with E-state index < -0.39 is 0 Å². The van der Waals surface area contributed by atoms with Crippen molar-refractivity contribution in [3.05, 3.63) is 27.2 Å². The van der Waals surface area contributed by atoms with Gasteiger partial charge in [-0.05, 0) is 25.0 Å². The zero-order chi connectivity index (χ0) is 14.5. The number of rotatable bonds is 4. The Labute approximate surface area is 132 Å². The molecule has 1 N–H and O–H groups in total. The second kappa shape index (κ2) is 7.36. The Kier molecular flexibility index (Phi) is 5.78. The molecule has 2 rings (SSSR count). The molecule has 0 atom stereocenters. The van der Waals surface area contributed by atoms with Gasteiger partial charge in [-0.25, -0.2) is 0 Å². The van der Waals surface area contributed by atoms with Crippen LogP contribution in [0.3, 0.4) is 0 Å². The van der Waals surface area contributed by atoms with Gasteiger partial charge in [-0.1, -0.05) is 34.8 Å². The van der Waals surface area contributed by atoms with Gasteiger partial charge in [0.15, 0.2) is 12.4 Å². The number of benzene rings is 1. The zero-order valence-electron chi connectivity index (χ0n) is 10.6. The van der Waals surface area contributed by atoms with Gasteiger partial charge in [0.25, 0.3) is 5.91 Å². The van der Waals surface area contributed by atoms with Crippen LogP contribution in [-0.4, -0.2) is 31.8 Å². The van der Waals surface area contributed by atoms with Crippen molar-refractivity contribution in [1.29, 1.82) is 0 Å². The van der Waals surface area contributed by atoms with E-state index in [1.165, 1.54) is 12.1 Å². The Morgan fingerprint density at radius 2 is 1.85 bits per heavy atom. The van der Waals surface area contributed by atoms with Gasteiger partial charge < -0.3 is 14.8 Å². The minimum atomic E-state index is -0.209. The summed E-state index contributed by atoms with van der Waals surface area (Å²) in [5.74, 6) is 0.0545. The summed E-state index contributed by atoms with van der Waals surface area (Å²) in [5.41, 5.74) is 0. The standard InChI is InChI=1S/C13H14Cl3NO3/c14-8-5-10(15)13(11(16)6-8)20-7-12(18)17-9-1-3-19-4-2-9/h5-6,9H,1-4,7H2,(H,17,18). The second-order valence-corrected chi connectivity index (χ2v) is 5.69. The number of ether oxygens (including phenoxy) is 2. The predicted octanol–water partition coefficient (Wildman–Crippen LogP) is 3.32. The molecule has 0 bridgehead atoms. The quantitative estimate of drug-likeness (QED) is 0.916. The Morgan fingerprint density at radius 3 is 2.45 bits per heavy atom. The predicted molar refractivity (Wildman–Crippen MR) is 79.0 cm³/mol. The topological polar surface area (TPSA) is 47.6 Å². The summed E-state index contributed by atoms with van der Waals surface area (Å²) in [7, 11) is 0. The maximum atomic E-state index is 11.8. The Hall–Kier alpha value is -0.680. The highest BCUT2D eigenvalue weighted by molar-refractivity contribution is 6.40. The van der Waals surface area contributed by atoms with Crippen LogP contribution in [0, 0.1) is 0 Å². The first-order chi connectivity index (χ1) is 9.56. The van der Waals surface area contributed by atoms with Crippen LogP contribution in [0.2, 0.25) is 15.1 Å². The van der Waals surface area contributed by atoms with Crippen molar-refractivity contribution in [2.75, 3.05) is 19.8 Å². The van der Waals surface area contributed by atoms with Crippen LogP contribution < -0.4 is 10.1 Å². The number of carbonyl (C=O) groups is 1. The lowest BCUT2D eigenvalue weighted by molar-refractivity contribution is -0.124. The van der Waals surface area contributed by atoms with Crippen molar-refractivity contribution >= 4 is 40.7 Å². The third-order valence-electron chi connectivity index (χ3n) is 2.90. The fraction of sp³-hybridized carbons (Fsp3) is 0.462. The van der Waals surface area contributed by atoms with Gasteiger partial charge in [-0.3, -0.25) is 4.79 Å². The maximum Gasteiger partial charge on any atom is 0.258 e. The van der Waals surface area contributed by atoms with Gasteiger partial charge in [0.1, 0.15) is 0 Å². The van der Waals surface area contributed by atoms with E-state index in [0.29, 0.717) is 18.2 Å². The number of amides is 1. The van der Waals surface area contributed by atoms with E-state index >= 15 is 0 Å². The summed E-state index contributed by atoms with van der Waals surface area (Å²) in [6, 6.07) is 3.16. The van der Waals surface area contributed by atoms with Crippen LogP contribution >= 0.6 is 34.8 Å². The number of hydrogen-bond donors (Lipinski definition) is 1. The molecule has 4 nitrogen and oxygen atoms in total. The van der Waals surface area contributed by atoms with E-state index in [9.17, 15) is 4.79 Å². The van der Waals surface area contributed by atoms with Crippen molar-refractivity contribution in [3.8, 4) is 5.75 Å². The van der Waals surface area contributed by atoms with E-state index in [4.69, 9.17) is 44.3 Å². The first-order valence-electron chi connectivity index (χ1n) is 6.20. The minimum absolute atomic E-state index is 0.135. The molecule has 0 aliphatic carbocycles. The van der Waals surface area contributed by atoms with Gasteiger partial charge in [0.2, 0.25) is 0 Å². The van der Waals surface area contributed by atoms with E-state index in [0.717, 1.165) is 12.8 Å². The molecule has 0 saturated carbocycles. The summed E-state index contributed by atoms with van der Waals surface area (Å²) >= 11 is 17.7. The zero-order valence-corrected chi connectivity index (χ0v) is 12.9. The fourth-order valence-electron chi connectivity index (χ4n) is 1.92. The van der Waals surface area contributed by atoms with Gasteiger partial charge >= 0.3 is 0 Å². The van der Waals surface area contributed by atoms with Crippen molar-refractivity contribution in [1.82, 2.24) is 5.32 Å². The van der Waals surface area contributed by atoms with E-state index in [1.807, 2.05) is 0 Å². The highest BCUT2D eigenvalue weighted by Crippen LogP contribution is 2.35. The van der Waals surface area contributed by atoms with E-state index in [-0.39, 0.29) is 34.4 Å². The molecule has 1 aliphatic heterocycles. The first-order valence-corrected chi connectivity index (χ1v) is 7.34. The van der Waals surface area contributed by atoms with Gasteiger partial charge in [0, 0.05) is 24.3 Å². The molecule has 1 aliphatic rings. The highest BCUT2D eigenvalue weighted by Gasteiger charge is 2.17. The lowest BCUT2D eigenvalue weighted by atomic mass is 10.1. The largest absolute Gasteiger partial charge is 0.481 e. The molecule has 1 aromatic rings. The van der Waals surface area contributed by atoms with Crippen LogP contribution in [-0.2, 0) is 9.53 Å². The average molecular weight is 339 g/mol. The van der Waals surface area contributed by atoms with Crippen LogP contribution in [0.5, 0.6) is 5.75 Å². The molecule has 0 spiro atoms. The molecule has 1 amide bonds. The first kappa shape index (κ1) is 15.7. The van der Waals surface area contributed by atoms with Gasteiger partial charge in [0.05, 0.1) is 10.0 Å². The SMILES string of the molecule is O=C(COc1c(Cl)cc(Cl)cc1Cl)NC1CCOCC1. The summed E-state index contributed by atoms with van der Waals surface area (Å²) < 4.78 is 10.6. The Morgan fingerprint density at radius 1 is 1.25 bits per heavy atom. The van der Waals surface area contributed by atoms with Crippen LogP contribution in [0.1, 0.15) is 12.8 Å². The van der Waals surface area contributed by atoms with Gasteiger partial charge in [-0.2, -0.15) is 0 Å². The van der Waals surface area contributed by atoms with E-state index in [1.54, 1.807) is 0 Å². The monoisotopic (exact) mass is 337 g/mol. The third kappa shape index (κ3) is 4.42. The number of nitrogens with one attached hydrogen (secondary N) is 1. The molecule has 0 unspecified atom stereocenters. The molecular formula is C13H14Cl3NO3.